The number of thioether (sulfide) groups is 1. The highest BCUT2D eigenvalue weighted by Crippen LogP contribution is 2.37. The van der Waals surface area contributed by atoms with Gasteiger partial charge in [0.05, 0.1) is 16.3 Å². The molecule has 0 radical (unpaired) electrons. The fourth-order valence-corrected chi connectivity index (χ4v) is 5.27. The van der Waals surface area contributed by atoms with Crippen LogP contribution in [0.2, 0.25) is 5.02 Å². The minimum atomic E-state index is -0.329. The van der Waals surface area contributed by atoms with Gasteiger partial charge in [-0.15, -0.1) is 0 Å². The Balaban J connectivity index is 1.75. The van der Waals surface area contributed by atoms with E-state index in [1.807, 2.05) is 13.0 Å². The maximum Gasteiger partial charge on any atom is 0.298 e. The number of halogens is 1. The van der Waals surface area contributed by atoms with E-state index in [0.717, 1.165) is 34.4 Å². The highest BCUT2D eigenvalue weighted by atomic mass is 35.5. The maximum absolute atomic E-state index is 13.0. The second-order valence-electron chi connectivity index (χ2n) is 7.91. The minimum absolute atomic E-state index is 0.322. The molecule has 4 rings (SSSR count). The zero-order valence-electron chi connectivity index (χ0n) is 18.1. The van der Waals surface area contributed by atoms with Crippen LogP contribution in [-0.2, 0) is 4.79 Å². The SMILES string of the molecule is Cc1cc(C)c(-n2c(C)cc(/C=C3/SC(=O)N(c4cccc(Cl)c4)C3=O)c2C)c(C)c1. The van der Waals surface area contributed by atoms with Gasteiger partial charge in [-0.3, -0.25) is 9.59 Å². The van der Waals surface area contributed by atoms with Gasteiger partial charge in [0, 0.05) is 16.4 Å². The molecule has 2 heterocycles. The summed E-state index contributed by atoms with van der Waals surface area (Å²) in [5.74, 6) is -0.329. The highest BCUT2D eigenvalue weighted by molar-refractivity contribution is 8.19. The van der Waals surface area contributed by atoms with Gasteiger partial charge in [-0.1, -0.05) is 35.4 Å². The lowest BCUT2D eigenvalue weighted by molar-refractivity contribution is -0.113. The smallest absolute Gasteiger partial charge is 0.298 e. The van der Waals surface area contributed by atoms with Crippen molar-refractivity contribution < 1.29 is 9.59 Å². The second kappa shape index (κ2) is 8.06. The number of amides is 2. The average molecular weight is 451 g/mol. The van der Waals surface area contributed by atoms with Crippen LogP contribution in [-0.4, -0.2) is 15.7 Å². The van der Waals surface area contributed by atoms with Gasteiger partial charge in [0.2, 0.25) is 0 Å². The van der Waals surface area contributed by atoms with Crippen LogP contribution in [0.15, 0.2) is 47.4 Å². The Bertz CT molecular complexity index is 1250. The predicted molar refractivity (Wildman–Crippen MR) is 129 cm³/mol. The van der Waals surface area contributed by atoms with E-state index in [1.165, 1.54) is 21.6 Å². The van der Waals surface area contributed by atoms with Crippen LogP contribution >= 0.6 is 23.4 Å². The summed E-state index contributed by atoms with van der Waals surface area (Å²) in [6.45, 7) is 10.4. The summed E-state index contributed by atoms with van der Waals surface area (Å²) in [5.41, 5.74) is 8.31. The molecule has 0 saturated carbocycles. The van der Waals surface area contributed by atoms with E-state index in [9.17, 15) is 9.59 Å². The molecule has 0 N–H and O–H groups in total. The molecular formula is C25H23ClN2O2S. The van der Waals surface area contributed by atoms with E-state index in [-0.39, 0.29) is 11.1 Å². The molecule has 1 aromatic heterocycles. The molecular weight excluding hydrogens is 428 g/mol. The van der Waals surface area contributed by atoms with Crippen molar-refractivity contribution in [1.82, 2.24) is 4.57 Å². The Morgan fingerprint density at radius 1 is 0.935 bits per heavy atom. The quantitative estimate of drug-likeness (QED) is 0.407. The molecule has 6 heteroatoms. The van der Waals surface area contributed by atoms with Crippen molar-refractivity contribution in [2.45, 2.75) is 34.6 Å². The first kappa shape index (κ1) is 21.5. The summed E-state index contributed by atoms with van der Waals surface area (Å²) in [6.07, 6.45) is 1.81. The molecule has 31 heavy (non-hydrogen) atoms. The number of nitrogens with zero attached hydrogens (tertiary/aromatic N) is 2. The van der Waals surface area contributed by atoms with Crippen molar-refractivity contribution in [2.75, 3.05) is 4.90 Å². The predicted octanol–water partition coefficient (Wildman–Crippen LogP) is 6.91. The van der Waals surface area contributed by atoms with Crippen LogP contribution in [0.25, 0.3) is 11.8 Å². The molecule has 1 saturated heterocycles. The number of aromatic nitrogens is 1. The lowest BCUT2D eigenvalue weighted by Crippen LogP contribution is -2.27. The summed E-state index contributed by atoms with van der Waals surface area (Å²) in [5, 5.41) is 0.158. The summed E-state index contributed by atoms with van der Waals surface area (Å²) in [4.78, 5) is 27.2. The number of imide groups is 1. The molecule has 0 spiro atoms. The topological polar surface area (TPSA) is 42.3 Å². The van der Waals surface area contributed by atoms with Crippen molar-refractivity contribution >= 4 is 46.3 Å². The largest absolute Gasteiger partial charge is 0.317 e. The average Bonchev–Trinajstić information content (AvgIpc) is 3.11. The molecule has 0 atom stereocenters. The van der Waals surface area contributed by atoms with E-state index < -0.39 is 0 Å². The van der Waals surface area contributed by atoms with E-state index >= 15 is 0 Å². The molecule has 4 nitrogen and oxygen atoms in total. The number of carbonyl (C=O) groups excluding carboxylic acids is 2. The van der Waals surface area contributed by atoms with Crippen LogP contribution in [0.3, 0.4) is 0 Å². The Kier molecular flexibility index (Phi) is 5.58. The lowest BCUT2D eigenvalue weighted by atomic mass is 10.0. The summed E-state index contributed by atoms with van der Waals surface area (Å²) in [6, 6.07) is 13.2. The molecule has 1 aliphatic heterocycles. The van der Waals surface area contributed by atoms with E-state index in [2.05, 4.69) is 50.5 Å². The first-order valence-corrected chi connectivity index (χ1v) is 11.2. The van der Waals surface area contributed by atoms with Gasteiger partial charge in [-0.25, -0.2) is 4.90 Å². The molecule has 0 bridgehead atoms. The van der Waals surface area contributed by atoms with Crippen molar-refractivity contribution in [3.63, 3.8) is 0 Å². The molecule has 3 aromatic rings. The van der Waals surface area contributed by atoms with Gasteiger partial charge in [-0.2, -0.15) is 0 Å². The Morgan fingerprint density at radius 3 is 2.26 bits per heavy atom. The van der Waals surface area contributed by atoms with Crippen molar-refractivity contribution in [3.05, 3.63) is 86.0 Å². The normalized spacial score (nSPS) is 15.4. The molecule has 0 aliphatic carbocycles. The van der Waals surface area contributed by atoms with E-state index in [0.29, 0.717) is 15.6 Å². The van der Waals surface area contributed by atoms with Crippen LogP contribution in [0, 0.1) is 34.6 Å². The summed E-state index contributed by atoms with van der Waals surface area (Å²) < 4.78 is 2.22. The van der Waals surface area contributed by atoms with Gasteiger partial charge in [0.15, 0.2) is 0 Å². The van der Waals surface area contributed by atoms with Crippen molar-refractivity contribution in [2.24, 2.45) is 0 Å². The van der Waals surface area contributed by atoms with Crippen LogP contribution in [0.5, 0.6) is 0 Å². The Hall–Kier alpha value is -2.76. The number of hydrogen-bond acceptors (Lipinski definition) is 3. The Morgan fingerprint density at radius 2 is 1.61 bits per heavy atom. The van der Waals surface area contributed by atoms with Crippen LogP contribution in [0.4, 0.5) is 10.5 Å². The summed E-state index contributed by atoms with van der Waals surface area (Å²) >= 11 is 7.00. The Labute approximate surface area is 191 Å². The third-order valence-corrected chi connectivity index (χ3v) is 6.58. The zero-order chi connectivity index (χ0) is 22.4. The van der Waals surface area contributed by atoms with Crippen molar-refractivity contribution in [3.8, 4) is 5.69 Å². The van der Waals surface area contributed by atoms with Gasteiger partial charge >= 0.3 is 0 Å². The third-order valence-electron chi connectivity index (χ3n) is 5.48. The number of rotatable bonds is 3. The molecule has 0 unspecified atom stereocenters. The minimum Gasteiger partial charge on any atom is -0.317 e. The van der Waals surface area contributed by atoms with E-state index in [1.54, 1.807) is 24.3 Å². The fraction of sp³-hybridized carbons (Fsp3) is 0.200. The molecule has 1 fully saturated rings. The maximum atomic E-state index is 13.0. The fourth-order valence-electron chi connectivity index (χ4n) is 4.25. The highest BCUT2D eigenvalue weighted by Gasteiger charge is 2.36. The third kappa shape index (κ3) is 3.84. The standard InChI is InChI=1S/C25H23ClN2O2S/c1-14-9-15(2)23(16(3)10-14)27-17(4)11-19(18(27)5)12-22-24(29)28(25(30)31-22)21-8-6-7-20(26)13-21/h6-13H,1-5H3/b22-12+. The first-order valence-electron chi connectivity index (χ1n) is 9.98. The monoisotopic (exact) mass is 450 g/mol. The van der Waals surface area contributed by atoms with E-state index in [4.69, 9.17) is 11.6 Å². The van der Waals surface area contributed by atoms with Gasteiger partial charge in [0.25, 0.3) is 11.1 Å². The first-order chi connectivity index (χ1) is 14.7. The number of aryl methyl sites for hydroxylation is 4. The molecule has 1 aliphatic rings. The molecule has 158 valence electrons. The molecule has 2 aromatic carbocycles. The number of anilines is 1. The number of carbonyl (C=O) groups is 2. The van der Waals surface area contributed by atoms with Gasteiger partial charge < -0.3 is 4.57 Å². The van der Waals surface area contributed by atoms with Crippen LogP contribution in [0.1, 0.15) is 33.6 Å². The molecule has 2 amide bonds. The summed E-state index contributed by atoms with van der Waals surface area (Å²) in [7, 11) is 0. The van der Waals surface area contributed by atoms with Gasteiger partial charge in [0.1, 0.15) is 0 Å². The van der Waals surface area contributed by atoms with Crippen molar-refractivity contribution in [1.29, 1.82) is 0 Å². The lowest BCUT2D eigenvalue weighted by Gasteiger charge is -2.17. The van der Waals surface area contributed by atoms with Crippen LogP contribution < -0.4 is 4.90 Å². The van der Waals surface area contributed by atoms with Gasteiger partial charge in [-0.05, 0) is 93.4 Å². The number of benzene rings is 2. The zero-order valence-corrected chi connectivity index (χ0v) is 19.7. The number of hydrogen-bond donors (Lipinski definition) is 0. The second-order valence-corrected chi connectivity index (χ2v) is 9.34.